The molecule has 0 bridgehead atoms. The average molecular weight is 228 g/mol. The predicted octanol–water partition coefficient (Wildman–Crippen LogP) is 3.53. The van der Waals surface area contributed by atoms with Gasteiger partial charge in [0.2, 0.25) is 0 Å². The van der Waals surface area contributed by atoms with Crippen LogP contribution in [-0.4, -0.2) is 10.7 Å². The number of hydrogen-bond acceptors (Lipinski definition) is 2. The number of aliphatic hydroxyl groups excluding tert-OH is 1. The maximum Gasteiger partial charge on any atom is 0.115 e. The van der Waals surface area contributed by atoms with Gasteiger partial charge in [-0.2, -0.15) is 0 Å². The van der Waals surface area contributed by atoms with Crippen molar-refractivity contribution in [3.63, 3.8) is 0 Å². The summed E-state index contributed by atoms with van der Waals surface area (Å²) in [6.07, 6.45) is 8.89. The lowest BCUT2D eigenvalue weighted by atomic mass is 10.1. The van der Waals surface area contributed by atoms with Crippen molar-refractivity contribution in [3.05, 3.63) is 72.0 Å². The van der Waals surface area contributed by atoms with Gasteiger partial charge in [0, 0.05) is 0 Å². The van der Waals surface area contributed by atoms with Gasteiger partial charge in [-0.3, -0.25) is 0 Å². The Balaban J connectivity index is 2.02. The topological polar surface area (TPSA) is 29.5 Å². The Bertz CT molecular complexity index is 457. The van der Waals surface area contributed by atoms with Gasteiger partial charge in [-0.25, -0.2) is 0 Å². The fourth-order valence-electron chi connectivity index (χ4n) is 1.61. The predicted molar refractivity (Wildman–Crippen MR) is 68.6 cm³/mol. The lowest BCUT2D eigenvalue weighted by Gasteiger charge is -2.22. The summed E-state index contributed by atoms with van der Waals surface area (Å²) in [6.45, 7) is 2.52. The molecule has 0 spiro atoms. The van der Waals surface area contributed by atoms with E-state index in [-0.39, 0.29) is 5.76 Å². The first kappa shape index (κ1) is 11.7. The van der Waals surface area contributed by atoms with E-state index >= 15 is 0 Å². The van der Waals surface area contributed by atoms with Gasteiger partial charge in [0.05, 0.1) is 6.61 Å². The van der Waals surface area contributed by atoms with Gasteiger partial charge in [0.15, 0.2) is 0 Å². The van der Waals surface area contributed by atoms with E-state index < -0.39 is 5.60 Å². The molecule has 0 aromatic heterocycles. The van der Waals surface area contributed by atoms with Gasteiger partial charge in [0.25, 0.3) is 0 Å². The number of hydrogen-bond donors (Lipinski definition) is 1. The van der Waals surface area contributed by atoms with Crippen molar-refractivity contribution in [2.45, 2.75) is 19.1 Å². The highest BCUT2D eigenvalue weighted by molar-refractivity contribution is 5.29. The monoisotopic (exact) mass is 228 g/mol. The maximum absolute atomic E-state index is 9.37. The van der Waals surface area contributed by atoms with Crippen LogP contribution in [0.15, 0.2) is 66.5 Å². The minimum atomic E-state index is -0.475. The first-order valence-electron chi connectivity index (χ1n) is 5.64. The summed E-state index contributed by atoms with van der Waals surface area (Å²) in [6, 6.07) is 10.0. The first-order chi connectivity index (χ1) is 8.18. The molecule has 2 heteroatoms. The van der Waals surface area contributed by atoms with E-state index in [0.717, 1.165) is 5.56 Å². The molecule has 1 aliphatic rings. The molecule has 0 saturated heterocycles. The van der Waals surface area contributed by atoms with Crippen molar-refractivity contribution in [2.75, 3.05) is 0 Å². The molecule has 17 heavy (non-hydrogen) atoms. The molecular formula is C15H16O2. The Morgan fingerprint density at radius 3 is 2.71 bits per heavy atom. The maximum atomic E-state index is 9.37. The van der Waals surface area contributed by atoms with Crippen molar-refractivity contribution in [2.24, 2.45) is 0 Å². The Kier molecular flexibility index (Phi) is 3.45. The van der Waals surface area contributed by atoms with E-state index in [9.17, 15) is 5.11 Å². The lowest BCUT2D eigenvalue weighted by Crippen LogP contribution is -2.22. The molecule has 0 amide bonds. The molecule has 0 heterocycles. The molecule has 0 fully saturated rings. The second-order valence-electron chi connectivity index (χ2n) is 4.24. The van der Waals surface area contributed by atoms with Crippen LogP contribution in [0.5, 0.6) is 0 Å². The van der Waals surface area contributed by atoms with E-state index in [1.807, 2.05) is 49.4 Å². The second-order valence-corrected chi connectivity index (χ2v) is 4.24. The summed E-state index contributed by atoms with van der Waals surface area (Å²) in [5.74, 6) is 0.244. The Morgan fingerprint density at radius 2 is 1.94 bits per heavy atom. The largest absolute Gasteiger partial charge is 0.508 e. The normalized spacial score (nSPS) is 23.2. The fraction of sp³-hybridized carbons (Fsp3) is 0.200. The summed E-state index contributed by atoms with van der Waals surface area (Å²) in [5.41, 5.74) is 0.661. The van der Waals surface area contributed by atoms with Crippen LogP contribution in [-0.2, 0) is 11.3 Å². The van der Waals surface area contributed by atoms with Crippen molar-refractivity contribution < 1.29 is 9.84 Å². The molecular weight excluding hydrogens is 212 g/mol. The SMILES string of the molecule is CC1(OCc2ccccc2)C=CC=C(O)C=C1. The highest BCUT2D eigenvalue weighted by Gasteiger charge is 2.18. The molecule has 1 N–H and O–H groups in total. The summed E-state index contributed by atoms with van der Waals surface area (Å²) >= 11 is 0. The zero-order chi connectivity index (χ0) is 12.1. The highest BCUT2D eigenvalue weighted by Crippen LogP contribution is 2.20. The molecule has 0 saturated carbocycles. The first-order valence-corrected chi connectivity index (χ1v) is 5.64. The van der Waals surface area contributed by atoms with Crippen LogP contribution in [0, 0.1) is 0 Å². The van der Waals surface area contributed by atoms with E-state index in [1.165, 1.54) is 0 Å². The molecule has 88 valence electrons. The van der Waals surface area contributed by atoms with Gasteiger partial charge >= 0.3 is 0 Å². The third-order valence-electron chi connectivity index (χ3n) is 2.67. The van der Waals surface area contributed by atoms with Crippen LogP contribution in [0.25, 0.3) is 0 Å². The van der Waals surface area contributed by atoms with Crippen LogP contribution >= 0.6 is 0 Å². The fourth-order valence-corrected chi connectivity index (χ4v) is 1.61. The minimum Gasteiger partial charge on any atom is -0.508 e. The highest BCUT2D eigenvalue weighted by atomic mass is 16.5. The van der Waals surface area contributed by atoms with Crippen LogP contribution in [0.1, 0.15) is 12.5 Å². The smallest absolute Gasteiger partial charge is 0.115 e. The molecule has 1 atom stereocenters. The molecule has 1 aromatic carbocycles. The van der Waals surface area contributed by atoms with Crippen molar-refractivity contribution in [1.29, 1.82) is 0 Å². The number of ether oxygens (including phenoxy) is 1. The van der Waals surface area contributed by atoms with Crippen molar-refractivity contribution in [1.82, 2.24) is 0 Å². The lowest BCUT2D eigenvalue weighted by molar-refractivity contribution is 0.0284. The van der Waals surface area contributed by atoms with E-state index in [2.05, 4.69) is 0 Å². The average Bonchev–Trinajstić information content (AvgIpc) is 2.51. The third kappa shape index (κ3) is 3.33. The standard InChI is InChI=1S/C15H16O2/c1-15(10-5-8-14(16)9-11-15)17-12-13-6-3-2-4-7-13/h2-11,16H,12H2,1H3. The molecule has 1 aromatic rings. The Morgan fingerprint density at radius 1 is 1.18 bits per heavy atom. The third-order valence-corrected chi connectivity index (χ3v) is 2.67. The molecule has 0 aliphatic heterocycles. The number of allylic oxidation sites excluding steroid dienone is 3. The summed E-state index contributed by atoms with van der Waals surface area (Å²) in [5, 5.41) is 9.37. The quantitative estimate of drug-likeness (QED) is 0.857. The van der Waals surface area contributed by atoms with Gasteiger partial charge < -0.3 is 9.84 Å². The molecule has 0 radical (unpaired) electrons. The van der Waals surface area contributed by atoms with E-state index in [1.54, 1.807) is 18.2 Å². The van der Waals surface area contributed by atoms with Crippen LogP contribution in [0.3, 0.4) is 0 Å². The van der Waals surface area contributed by atoms with Crippen LogP contribution in [0.2, 0.25) is 0 Å². The van der Waals surface area contributed by atoms with Gasteiger partial charge in [-0.15, -0.1) is 0 Å². The molecule has 1 unspecified atom stereocenters. The van der Waals surface area contributed by atoms with E-state index in [0.29, 0.717) is 6.61 Å². The Labute approximate surface area is 102 Å². The van der Waals surface area contributed by atoms with Crippen molar-refractivity contribution in [3.8, 4) is 0 Å². The van der Waals surface area contributed by atoms with Crippen LogP contribution < -0.4 is 0 Å². The second kappa shape index (κ2) is 5.02. The molecule has 2 nitrogen and oxygen atoms in total. The van der Waals surface area contributed by atoms with Gasteiger partial charge in [-0.1, -0.05) is 36.4 Å². The summed E-state index contributed by atoms with van der Waals surface area (Å²) < 4.78 is 5.87. The van der Waals surface area contributed by atoms with E-state index in [4.69, 9.17) is 4.74 Å². The zero-order valence-electron chi connectivity index (χ0n) is 9.84. The van der Waals surface area contributed by atoms with Crippen molar-refractivity contribution >= 4 is 0 Å². The minimum absolute atomic E-state index is 0.244. The summed E-state index contributed by atoms with van der Waals surface area (Å²) in [7, 11) is 0. The molecule has 2 rings (SSSR count). The Hall–Kier alpha value is -1.80. The van der Waals surface area contributed by atoms with Gasteiger partial charge in [-0.05, 0) is 36.8 Å². The number of rotatable bonds is 3. The molecule has 1 aliphatic carbocycles. The zero-order valence-corrected chi connectivity index (χ0v) is 9.84. The van der Waals surface area contributed by atoms with Gasteiger partial charge in [0.1, 0.15) is 11.4 Å². The number of aliphatic hydroxyl groups is 1. The van der Waals surface area contributed by atoms with Crippen LogP contribution in [0.4, 0.5) is 0 Å². The summed E-state index contributed by atoms with van der Waals surface area (Å²) in [4.78, 5) is 0. The number of benzene rings is 1.